The van der Waals surface area contributed by atoms with Gasteiger partial charge in [-0.1, -0.05) is 19.3 Å². The van der Waals surface area contributed by atoms with Gasteiger partial charge in [0.05, 0.1) is 18.3 Å². The van der Waals surface area contributed by atoms with E-state index in [0.29, 0.717) is 6.04 Å². The monoisotopic (exact) mass is 222 g/mol. The van der Waals surface area contributed by atoms with Crippen molar-refractivity contribution < 1.29 is 0 Å². The summed E-state index contributed by atoms with van der Waals surface area (Å²) in [5, 5.41) is 6.59. The van der Waals surface area contributed by atoms with Crippen LogP contribution in [0.15, 0.2) is 12.3 Å². The first-order valence-electron chi connectivity index (χ1n) is 6.20. The Labute approximate surface area is 97.6 Å². The summed E-state index contributed by atoms with van der Waals surface area (Å²) in [5.41, 5.74) is 4.36. The Hall–Kier alpha value is -0.870. The van der Waals surface area contributed by atoms with Gasteiger partial charge >= 0.3 is 0 Å². The van der Waals surface area contributed by atoms with E-state index < -0.39 is 0 Å². The molecule has 2 rings (SSSR count). The Morgan fingerprint density at radius 3 is 2.81 bits per heavy atom. The number of hydrogen-bond donors (Lipinski definition) is 1. The number of hydrazine groups is 1. The molecule has 1 aliphatic carbocycles. The van der Waals surface area contributed by atoms with Gasteiger partial charge in [0.15, 0.2) is 0 Å². The summed E-state index contributed by atoms with van der Waals surface area (Å²) in [7, 11) is 4.00. The fraction of sp³-hybridized carbons (Fsp3) is 0.750. The van der Waals surface area contributed by atoms with Crippen molar-refractivity contribution in [1.82, 2.24) is 20.2 Å². The first kappa shape index (κ1) is 11.6. The molecule has 1 fully saturated rings. The van der Waals surface area contributed by atoms with Gasteiger partial charge < -0.3 is 0 Å². The van der Waals surface area contributed by atoms with Crippen molar-refractivity contribution in [3.63, 3.8) is 0 Å². The lowest BCUT2D eigenvalue weighted by molar-refractivity contribution is 0.281. The topological polar surface area (TPSA) is 33.1 Å². The van der Waals surface area contributed by atoms with Crippen molar-refractivity contribution in [3.8, 4) is 0 Å². The van der Waals surface area contributed by atoms with Crippen LogP contribution in [-0.2, 0) is 6.54 Å². The standard InChI is InChI=1S/C12H22N4/c1-15(2)13-10-11-8-9-16(14-11)12-6-4-3-5-7-12/h8-9,12-13H,3-7,10H2,1-2H3. The Morgan fingerprint density at radius 1 is 1.38 bits per heavy atom. The highest BCUT2D eigenvalue weighted by atomic mass is 15.5. The molecule has 0 saturated heterocycles. The lowest BCUT2D eigenvalue weighted by Gasteiger charge is -2.21. The van der Waals surface area contributed by atoms with Gasteiger partial charge in [0.25, 0.3) is 0 Å². The second-order valence-corrected chi connectivity index (χ2v) is 4.81. The first-order chi connectivity index (χ1) is 7.75. The normalized spacial score (nSPS) is 18.2. The molecule has 0 spiro atoms. The third kappa shape index (κ3) is 3.06. The van der Waals surface area contributed by atoms with Crippen LogP contribution in [0, 0.1) is 0 Å². The summed E-state index contributed by atoms with van der Waals surface area (Å²) in [6.07, 6.45) is 8.82. The zero-order chi connectivity index (χ0) is 11.4. The Balaban J connectivity index is 1.90. The highest BCUT2D eigenvalue weighted by molar-refractivity contribution is 4.99. The summed E-state index contributed by atoms with van der Waals surface area (Å²) in [6, 6.07) is 2.76. The van der Waals surface area contributed by atoms with Gasteiger partial charge in [-0.05, 0) is 18.9 Å². The fourth-order valence-corrected chi connectivity index (χ4v) is 2.26. The van der Waals surface area contributed by atoms with Crippen LogP contribution in [0.5, 0.6) is 0 Å². The molecule has 4 nitrogen and oxygen atoms in total. The minimum absolute atomic E-state index is 0.641. The van der Waals surface area contributed by atoms with Gasteiger partial charge in [-0.15, -0.1) is 0 Å². The molecule has 1 aliphatic rings. The summed E-state index contributed by atoms with van der Waals surface area (Å²) < 4.78 is 2.16. The Kier molecular flexibility index (Phi) is 3.96. The Bertz CT molecular complexity index is 313. The second-order valence-electron chi connectivity index (χ2n) is 4.81. The third-order valence-electron chi connectivity index (χ3n) is 3.19. The number of nitrogens with one attached hydrogen (secondary N) is 1. The molecular formula is C12H22N4. The van der Waals surface area contributed by atoms with Gasteiger partial charge in [-0.2, -0.15) is 5.10 Å². The summed E-state index contributed by atoms with van der Waals surface area (Å²) in [5.74, 6) is 0. The third-order valence-corrected chi connectivity index (χ3v) is 3.19. The molecule has 0 unspecified atom stereocenters. The predicted molar refractivity (Wildman–Crippen MR) is 64.9 cm³/mol. The SMILES string of the molecule is CN(C)NCc1ccn(C2CCCCC2)n1. The van der Waals surface area contributed by atoms with Crippen molar-refractivity contribution in [2.24, 2.45) is 0 Å². The molecule has 4 heteroatoms. The van der Waals surface area contributed by atoms with E-state index in [4.69, 9.17) is 0 Å². The number of hydrogen-bond acceptors (Lipinski definition) is 3. The van der Waals surface area contributed by atoms with E-state index in [9.17, 15) is 0 Å². The average Bonchev–Trinajstić information content (AvgIpc) is 2.76. The van der Waals surface area contributed by atoms with Gasteiger partial charge in [0.1, 0.15) is 0 Å². The van der Waals surface area contributed by atoms with E-state index in [0.717, 1.165) is 12.2 Å². The number of rotatable bonds is 4. The molecule has 1 aromatic heterocycles. The van der Waals surface area contributed by atoms with Crippen molar-refractivity contribution in [2.45, 2.75) is 44.7 Å². The quantitative estimate of drug-likeness (QED) is 0.791. The maximum absolute atomic E-state index is 4.63. The smallest absolute Gasteiger partial charge is 0.0776 e. The van der Waals surface area contributed by atoms with E-state index in [1.807, 2.05) is 19.1 Å². The van der Waals surface area contributed by atoms with E-state index in [-0.39, 0.29) is 0 Å². The van der Waals surface area contributed by atoms with Crippen LogP contribution in [0.1, 0.15) is 43.8 Å². The summed E-state index contributed by atoms with van der Waals surface area (Å²) >= 11 is 0. The van der Waals surface area contributed by atoms with E-state index >= 15 is 0 Å². The van der Waals surface area contributed by atoms with Crippen LogP contribution < -0.4 is 5.43 Å². The molecule has 16 heavy (non-hydrogen) atoms. The predicted octanol–water partition coefficient (Wildman–Crippen LogP) is 1.95. The average molecular weight is 222 g/mol. The fourth-order valence-electron chi connectivity index (χ4n) is 2.26. The van der Waals surface area contributed by atoms with E-state index in [2.05, 4.69) is 27.5 Å². The van der Waals surface area contributed by atoms with Gasteiger partial charge in [-0.3, -0.25) is 9.69 Å². The van der Waals surface area contributed by atoms with Gasteiger partial charge in [0.2, 0.25) is 0 Å². The van der Waals surface area contributed by atoms with Crippen molar-refractivity contribution in [2.75, 3.05) is 14.1 Å². The lowest BCUT2D eigenvalue weighted by Crippen LogP contribution is -2.29. The minimum atomic E-state index is 0.641. The van der Waals surface area contributed by atoms with E-state index in [1.165, 1.54) is 32.1 Å². The largest absolute Gasteiger partial charge is 0.269 e. The molecule has 90 valence electrons. The molecule has 0 aliphatic heterocycles. The first-order valence-corrected chi connectivity index (χ1v) is 6.20. The lowest BCUT2D eigenvalue weighted by atomic mass is 9.96. The molecule has 0 radical (unpaired) electrons. The number of aromatic nitrogens is 2. The zero-order valence-corrected chi connectivity index (χ0v) is 10.3. The van der Waals surface area contributed by atoms with Crippen LogP contribution in [0.4, 0.5) is 0 Å². The van der Waals surface area contributed by atoms with Crippen molar-refractivity contribution in [3.05, 3.63) is 18.0 Å². The van der Waals surface area contributed by atoms with Crippen LogP contribution in [0.3, 0.4) is 0 Å². The molecule has 0 amide bonds. The molecule has 0 aromatic carbocycles. The summed E-state index contributed by atoms with van der Waals surface area (Å²) in [6.45, 7) is 0.812. The van der Waals surface area contributed by atoms with Crippen LogP contribution >= 0.6 is 0 Å². The second kappa shape index (κ2) is 5.46. The van der Waals surface area contributed by atoms with Crippen LogP contribution in [0.25, 0.3) is 0 Å². The van der Waals surface area contributed by atoms with Crippen molar-refractivity contribution >= 4 is 0 Å². The maximum atomic E-state index is 4.63. The number of nitrogens with zero attached hydrogens (tertiary/aromatic N) is 3. The van der Waals surface area contributed by atoms with Crippen LogP contribution in [-0.4, -0.2) is 28.9 Å². The molecule has 1 aromatic rings. The summed E-state index contributed by atoms with van der Waals surface area (Å²) in [4.78, 5) is 0. The highest BCUT2D eigenvalue weighted by Gasteiger charge is 2.15. The van der Waals surface area contributed by atoms with E-state index in [1.54, 1.807) is 0 Å². The molecule has 1 saturated carbocycles. The van der Waals surface area contributed by atoms with Gasteiger partial charge in [0, 0.05) is 20.3 Å². The molecular weight excluding hydrogens is 200 g/mol. The molecule has 0 atom stereocenters. The van der Waals surface area contributed by atoms with Crippen molar-refractivity contribution in [1.29, 1.82) is 0 Å². The molecule has 1 heterocycles. The zero-order valence-electron chi connectivity index (χ0n) is 10.3. The highest BCUT2D eigenvalue weighted by Crippen LogP contribution is 2.27. The Morgan fingerprint density at radius 2 is 2.12 bits per heavy atom. The maximum Gasteiger partial charge on any atom is 0.0776 e. The van der Waals surface area contributed by atoms with Crippen LogP contribution in [0.2, 0.25) is 0 Å². The minimum Gasteiger partial charge on any atom is -0.269 e. The molecule has 0 bridgehead atoms. The molecule has 1 N–H and O–H groups in total. The van der Waals surface area contributed by atoms with Gasteiger partial charge in [-0.25, -0.2) is 5.43 Å².